The van der Waals surface area contributed by atoms with Gasteiger partial charge < -0.3 is 14.6 Å². The maximum atomic E-state index is 13.9. The van der Waals surface area contributed by atoms with Crippen LogP contribution in [0.2, 0.25) is 0 Å². The van der Waals surface area contributed by atoms with Crippen molar-refractivity contribution in [3.05, 3.63) is 29.6 Å². The molecule has 0 saturated carbocycles. The van der Waals surface area contributed by atoms with Crippen LogP contribution in [-0.4, -0.2) is 34.7 Å². The number of benzene rings is 1. The van der Waals surface area contributed by atoms with Crippen LogP contribution in [0.25, 0.3) is 0 Å². The molecule has 0 heterocycles. The van der Waals surface area contributed by atoms with Crippen molar-refractivity contribution < 1.29 is 37.3 Å². The molecule has 1 aromatic rings. The summed E-state index contributed by atoms with van der Waals surface area (Å²) in [5.41, 5.74) is -0.930. The standard InChI is InChI=1S/C18H23F3O5/c1-6-17(4,5)26-13-9-11(7-8-12(13)19)15(22)25-14(10(2)3)18(20,21)16(23)24/h7-10,14H,6H2,1-5H3,(H,23,24). The molecule has 1 N–H and O–H groups in total. The minimum Gasteiger partial charge on any atom is -0.485 e. The van der Waals surface area contributed by atoms with E-state index in [1.54, 1.807) is 13.8 Å². The molecular weight excluding hydrogens is 353 g/mol. The monoisotopic (exact) mass is 376 g/mol. The molecule has 1 rings (SSSR count). The third-order valence-corrected chi connectivity index (χ3v) is 3.89. The molecule has 0 radical (unpaired) electrons. The average molecular weight is 376 g/mol. The number of alkyl halides is 2. The number of carboxylic acid groups (broad SMARTS) is 1. The number of carboxylic acids is 1. The number of carbonyl (C=O) groups excluding carboxylic acids is 1. The van der Waals surface area contributed by atoms with Gasteiger partial charge in [0.1, 0.15) is 5.60 Å². The lowest BCUT2D eigenvalue weighted by molar-refractivity contribution is -0.187. The highest BCUT2D eigenvalue weighted by Crippen LogP contribution is 2.30. The molecule has 1 unspecified atom stereocenters. The molecule has 0 fully saturated rings. The van der Waals surface area contributed by atoms with Crippen LogP contribution < -0.4 is 4.74 Å². The van der Waals surface area contributed by atoms with Gasteiger partial charge in [0.15, 0.2) is 17.7 Å². The fraction of sp³-hybridized carbons (Fsp3) is 0.556. The fourth-order valence-corrected chi connectivity index (χ4v) is 2.01. The number of ether oxygens (including phenoxy) is 2. The molecule has 0 aliphatic carbocycles. The lowest BCUT2D eigenvalue weighted by Gasteiger charge is -2.27. The Morgan fingerprint density at radius 1 is 1.23 bits per heavy atom. The summed E-state index contributed by atoms with van der Waals surface area (Å²) in [6.45, 7) is 7.88. The molecule has 8 heteroatoms. The number of hydrogen-bond acceptors (Lipinski definition) is 4. The largest absolute Gasteiger partial charge is 0.485 e. The van der Waals surface area contributed by atoms with E-state index in [0.29, 0.717) is 6.42 Å². The van der Waals surface area contributed by atoms with Crippen LogP contribution in [-0.2, 0) is 9.53 Å². The van der Waals surface area contributed by atoms with Gasteiger partial charge in [0.2, 0.25) is 0 Å². The van der Waals surface area contributed by atoms with Gasteiger partial charge in [-0.1, -0.05) is 20.8 Å². The van der Waals surface area contributed by atoms with Gasteiger partial charge in [-0.3, -0.25) is 0 Å². The van der Waals surface area contributed by atoms with Gasteiger partial charge in [-0.15, -0.1) is 0 Å². The lowest BCUT2D eigenvalue weighted by atomic mass is 10.0. The second-order valence-electron chi connectivity index (χ2n) is 6.86. The zero-order chi connectivity index (χ0) is 20.3. The van der Waals surface area contributed by atoms with Gasteiger partial charge in [-0.05, 0) is 44.4 Å². The molecular formula is C18H23F3O5. The van der Waals surface area contributed by atoms with Crippen LogP contribution >= 0.6 is 0 Å². The smallest absolute Gasteiger partial charge is 0.378 e. The van der Waals surface area contributed by atoms with Crippen molar-refractivity contribution in [3.8, 4) is 5.75 Å². The molecule has 146 valence electrons. The van der Waals surface area contributed by atoms with E-state index in [1.807, 2.05) is 6.92 Å². The lowest BCUT2D eigenvalue weighted by Crippen LogP contribution is -2.47. The topological polar surface area (TPSA) is 72.8 Å². The summed E-state index contributed by atoms with van der Waals surface area (Å²) in [6, 6.07) is 3.06. The minimum absolute atomic E-state index is 0.222. The Labute approximate surface area is 150 Å². The highest BCUT2D eigenvalue weighted by Gasteiger charge is 2.51. The predicted octanol–water partition coefficient (Wildman–Crippen LogP) is 4.29. The molecule has 0 aliphatic heterocycles. The van der Waals surface area contributed by atoms with E-state index < -0.39 is 41.3 Å². The number of hydrogen-bond donors (Lipinski definition) is 1. The highest BCUT2D eigenvalue weighted by molar-refractivity contribution is 5.90. The number of rotatable bonds is 8. The van der Waals surface area contributed by atoms with Gasteiger partial charge in [-0.25, -0.2) is 14.0 Å². The summed E-state index contributed by atoms with van der Waals surface area (Å²) >= 11 is 0. The predicted molar refractivity (Wildman–Crippen MR) is 88.0 cm³/mol. The van der Waals surface area contributed by atoms with Crippen molar-refractivity contribution >= 4 is 11.9 Å². The second kappa shape index (κ2) is 7.97. The van der Waals surface area contributed by atoms with Gasteiger partial charge in [0.05, 0.1) is 5.56 Å². The van der Waals surface area contributed by atoms with E-state index in [9.17, 15) is 22.8 Å². The Balaban J connectivity index is 3.11. The third kappa shape index (κ3) is 5.12. The first-order valence-electron chi connectivity index (χ1n) is 8.12. The van der Waals surface area contributed by atoms with Crippen molar-refractivity contribution in [1.29, 1.82) is 0 Å². The summed E-state index contributed by atoms with van der Waals surface area (Å²) in [4.78, 5) is 23.0. The first-order chi connectivity index (χ1) is 11.8. The molecule has 5 nitrogen and oxygen atoms in total. The minimum atomic E-state index is -4.26. The Bertz CT molecular complexity index is 671. The van der Waals surface area contributed by atoms with Gasteiger partial charge in [0, 0.05) is 0 Å². The third-order valence-electron chi connectivity index (χ3n) is 3.89. The Morgan fingerprint density at radius 2 is 1.81 bits per heavy atom. The Morgan fingerprint density at radius 3 is 2.27 bits per heavy atom. The maximum absolute atomic E-state index is 13.9. The number of aliphatic carboxylic acids is 1. The molecule has 1 atom stereocenters. The normalized spacial score (nSPS) is 13.4. The number of halogens is 3. The maximum Gasteiger partial charge on any atom is 0.378 e. The summed E-state index contributed by atoms with van der Waals surface area (Å²) in [7, 11) is 0. The highest BCUT2D eigenvalue weighted by atomic mass is 19.3. The molecule has 0 spiro atoms. The Hall–Kier alpha value is -2.25. The van der Waals surface area contributed by atoms with Crippen LogP contribution in [0.1, 0.15) is 51.4 Å². The van der Waals surface area contributed by atoms with Crippen LogP contribution in [0.4, 0.5) is 13.2 Å². The van der Waals surface area contributed by atoms with Crippen LogP contribution in [0.5, 0.6) is 5.75 Å². The Kier molecular flexibility index (Phi) is 6.68. The molecule has 0 amide bonds. The SMILES string of the molecule is CCC(C)(C)Oc1cc(C(=O)OC(C(C)C)C(F)(F)C(=O)O)ccc1F. The molecule has 0 bridgehead atoms. The molecule has 0 saturated heterocycles. The summed E-state index contributed by atoms with van der Waals surface area (Å²) in [6.07, 6.45) is -1.62. The van der Waals surface area contributed by atoms with Crippen molar-refractivity contribution in [1.82, 2.24) is 0 Å². The molecule has 26 heavy (non-hydrogen) atoms. The van der Waals surface area contributed by atoms with Crippen molar-refractivity contribution in [2.75, 3.05) is 0 Å². The first-order valence-corrected chi connectivity index (χ1v) is 8.12. The zero-order valence-corrected chi connectivity index (χ0v) is 15.3. The fourth-order valence-electron chi connectivity index (χ4n) is 2.01. The van der Waals surface area contributed by atoms with Crippen molar-refractivity contribution in [2.24, 2.45) is 5.92 Å². The van der Waals surface area contributed by atoms with Crippen molar-refractivity contribution in [3.63, 3.8) is 0 Å². The quantitative estimate of drug-likeness (QED) is 0.685. The summed E-state index contributed by atoms with van der Waals surface area (Å²) < 4.78 is 51.7. The summed E-state index contributed by atoms with van der Waals surface area (Å²) in [5, 5.41) is 8.67. The number of carbonyl (C=O) groups is 2. The molecule has 0 aliphatic rings. The van der Waals surface area contributed by atoms with E-state index >= 15 is 0 Å². The van der Waals surface area contributed by atoms with Crippen LogP contribution in [0, 0.1) is 11.7 Å². The van der Waals surface area contributed by atoms with Crippen molar-refractivity contribution in [2.45, 2.75) is 58.7 Å². The summed E-state index contributed by atoms with van der Waals surface area (Å²) in [5.74, 6) is -9.74. The van der Waals surface area contributed by atoms with Crippen LogP contribution in [0.3, 0.4) is 0 Å². The van der Waals surface area contributed by atoms with Crippen LogP contribution in [0.15, 0.2) is 18.2 Å². The molecule has 0 aromatic heterocycles. The van der Waals surface area contributed by atoms with E-state index in [-0.39, 0.29) is 11.3 Å². The van der Waals surface area contributed by atoms with Gasteiger partial charge in [0.25, 0.3) is 0 Å². The van der Waals surface area contributed by atoms with E-state index in [0.717, 1.165) is 18.2 Å². The number of esters is 1. The van der Waals surface area contributed by atoms with E-state index in [4.69, 9.17) is 14.6 Å². The average Bonchev–Trinajstić information content (AvgIpc) is 2.53. The van der Waals surface area contributed by atoms with E-state index in [1.165, 1.54) is 13.8 Å². The first kappa shape index (κ1) is 21.8. The van der Waals surface area contributed by atoms with Gasteiger partial charge in [-0.2, -0.15) is 8.78 Å². The van der Waals surface area contributed by atoms with E-state index in [2.05, 4.69) is 0 Å². The molecule has 1 aromatic carbocycles. The second-order valence-corrected chi connectivity index (χ2v) is 6.86. The van der Waals surface area contributed by atoms with Gasteiger partial charge >= 0.3 is 17.9 Å². The zero-order valence-electron chi connectivity index (χ0n) is 15.3.